The Morgan fingerprint density at radius 2 is 2.15 bits per heavy atom. The largest absolute Gasteiger partial charge is 0.443 e. The molecule has 0 aliphatic carbocycles. The number of carbonyl (C=O) groups excluding carboxylic acids is 1. The maximum Gasteiger partial charge on any atom is 0.415 e. The average Bonchev–Trinajstić information content (AvgIpc) is 2.33. The molecule has 1 amide bonds. The van der Waals surface area contributed by atoms with E-state index < -0.39 is 16.6 Å². The van der Waals surface area contributed by atoms with Crippen LogP contribution >= 0.6 is 0 Å². The maximum absolute atomic E-state index is 12.1. The molecule has 0 spiro atoms. The number of benzene rings is 1. The topological polar surface area (TPSA) is 72.7 Å². The van der Waals surface area contributed by atoms with Gasteiger partial charge in [-0.05, 0) is 26.8 Å². The normalized spacial score (nSPS) is 10.8. The zero-order valence-electron chi connectivity index (χ0n) is 11.8. The van der Waals surface area contributed by atoms with Crippen LogP contribution in [0.3, 0.4) is 0 Å². The number of hydrogen-bond acceptors (Lipinski definition) is 4. The van der Waals surface area contributed by atoms with Crippen LogP contribution in [0, 0.1) is 10.1 Å². The van der Waals surface area contributed by atoms with Gasteiger partial charge in [0.05, 0.1) is 10.6 Å². The number of amides is 1. The Hall–Kier alpha value is -2.37. The molecule has 6 nitrogen and oxygen atoms in total. The number of rotatable bonds is 4. The highest BCUT2D eigenvalue weighted by Crippen LogP contribution is 2.23. The van der Waals surface area contributed by atoms with Crippen molar-refractivity contribution in [3.05, 3.63) is 47.0 Å². The van der Waals surface area contributed by atoms with Gasteiger partial charge in [-0.3, -0.25) is 15.0 Å². The van der Waals surface area contributed by atoms with E-state index in [1.807, 2.05) is 0 Å². The number of anilines is 1. The number of nitro groups is 1. The smallest absolute Gasteiger partial charge is 0.415 e. The monoisotopic (exact) mass is 278 g/mol. The first-order valence-electron chi connectivity index (χ1n) is 6.10. The number of nitrogens with zero attached hydrogens (tertiary/aromatic N) is 2. The molecule has 0 N–H and O–H groups in total. The van der Waals surface area contributed by atoms with Gasteiger partial charge in [0.15, 0.2) is 0 Å². The summed E-state index contributed by atoms with van der Waals surface area (Å²) in [5.74, 6) is 0. The first kappa shape index (κ1) is 15.7. The highest BCUT2D eigenvalue weighted by atomic mass is 16.6. The van der Waals surface area contributed by atoms with Gasteiger partial charge in [-0.1, -0.05) is 12.1 Å². The Morgan fingerprint density at radius 1 is 1.50 bits per heavy atom. The second-order valence-electron chi connectivity index (χ2n) is 5.16. The van der Waals surface area contributed by atoms with E-state index in [9.17, 15) is 14.9 Å². The molecule has 20 heavy (non-hydrogen) atoms. The Bertz CT molecular complexity index is 520. The van der Waals surface area contributed by atoms with Crippen LogP contribution in [0.5, 0.6) is 0 Å². The van der Waals surface area contributed by atoms with Crippen molar-refractivity contribution in [2.75, 3.05) is 11.4 Å². The molecule has 6 heteroatoms. The SMILES string of the molecule is C=CCN(C(=O)OC(C)(C)C)c1cccc([N+](=O)[O-])c1. The molecule has 1 aromatic rings. The van der Waals surface area contributed by atoms with Gasteiger partial charge >= 0.3 is 6.09 Å². The van der Waals surface area contributed by atoms with Crippen LogP contribution in [0.1, 0.15) is 20.8 Å². The van der Waals surface area contributed by atoms with Crippen LogP contribution in [-0.4, -0.2) is 23.2 Å². The Labute approximate surface area is 117 Å². The highest BCUT2D eigenvalue weighted by Gasteiger charge is 2.23. The van der Waals surface area contributed by atoms with Gasteiger partial charge in [-0.15, -0.1) is 6.58 Å². The minimum absolute atomic E-state index is 0.0832. The van der Waals surface area contributed by atoms with Crippen molar-refractivity contribution in [3.63, 3.8) is 0 Å². The fourth-order valence-corrected chi connectivity index (χ4v) is 1.51. The molecule has 0 saturated heterocycles. The van der Waals surface area contributed by atoms with Crippen LogP contribution in [0.2, 0.25) is 0 Å². The van der Waals surface area contributed by atoms with Crippen molar-refractivity contribution in [1.29, 1.82) is 0 Å². The second-order valence-corrected chi connectivity index (χ2v) is 5.16. The number of carbonyl (C=O) groups is 1. The summed E-state index contributed by atoms with van der Waals surface area (Å²) in [7, 11) is 0. The molecule has 0 fully saturated rings. The second kappa shape index (κ2) is 6.18. The van der Waals surface area contributed by atoms with E-state index in [1.165, 1.54) is 29.2 Å². The Kier molecular flexibility index (Phi) is 4.85. The predicted molar refractivity (Wildman–Crippen MR) is 76.9 cm³/mol. The third-order valence-electron chi connectivity index (χ3n) is 2.28. The predicted octanol–water partition coefficient (Wildman–Crippen LogP) is 3.52. The summed E-state index contributed by atoms with van der Waals surface area (Å²) in [5.41, 5.74) is -0.328. The molecule has 0 aliphatic rings. The molecule has 0 radical (unpaired) electrons. The van der Waals surface area contributed by atoms with Crippen LogP contribution < -0.4 is 4.90 Å². The van der Waals surface area contributed by atoms with Crippen LogP contribution in [0.15, 0.2) is 36.9 Å². The zero-order valence-corrected chi connectivity index (χ0v) is 11.8. The van der Waals surface area contributed by atoms with Gasteiger partial charge in [0.25, 0.3) is 5.69 Å². The molecular formula is C14H18N2O4. The van der Waals surface area contributed by atoms with Crippen molar-refractivity contribution >= 4 is 17.5 Å². The third kappa shape index (κ3) is 4.38. The molecule has 0 heterocycles. The number of ether oxygens (including phenoxy) is 1. The third-order valence-corrected chi connectivity index (χ3v) is 2.28. The van der Waals surface area contributed by atoms with Crippen molar-refractivity contribution in [2.24, 2.45) is 0 Å². The van der Waals surface area contributed by atoms with Gasteiger partial charge in [0.1, 0.15) is 5.60 Å². The summed E-state index contributed by atoms with van der Waals surface area (Å²) in [5, 5.41) is 10.8. The fourth-order valence-electron chi connectivity index (χ4n) is 1.51. The summed E-state index contributed by atoms with van der Waals surface area (Å²) < 4.78 is 5.28. The minimum Gasteiger partial charge on any atom is -0.443 e. The minimum atomic E-state index is -0.642. The summed E-state index contributed by atoms with van der Waals surface area (Å²) >= 11 is 0. The molecule has 0 saturated carbocycles. The van der Waals surface area contributed by atoms with E-state index in [2.05, 4.69) is 6.58 Å². The molecule has 0 unspecified atom stereocenters. The fraction of sp³-hybridized carbons (Fsp3) is 0.357. The van der Waals surface area contributed by atoms with Crippen LogP contribution in [0.25, 0.3) is 0 Å². The first-order chi connectivity index (χ1) is 9.24. The van der Waals surface area contributed by atoms with E-state index in [4.69, 9.17) is 4.74 Å². The average molecular weight is 278 g/mol. The lowest BCUT2D eigenvalue weighted by Gasteiger charge is -2.26. The van der Waals surface area contributed by atoms with Crippen LogP contribution in [0.4, 0.5) is 16.2 Å². The quantitative estimate of drug-likeness (QED) is 0.480. The Morgan fingerprint density at radius 3 is 2.65 bits per heavy atom. The van der Waals surface area contributed by atoms with Gasteiger partial charge in [0.2, 0.25) is 0 Å². The van der Waals surface area contributed by atoms with Crippen molar-refractivity contribution in [2.45, 2.75) is 26.4 Å². The van der Waals surface area contributed by atoms with Crippen LogP contribution in [-0.2, 0) is 4.74 Å². The van der Waals surface area contributed by atoms with Crippen molar-refractivity contribution in [1.82, 2.24) is 0 Å². The zero-order chi connectivity index (χ0) is 15.3. The van der Waals surface area contributed by atoms with Crippen molar-refractivity contribution < 1.29 is 14.5 Å². The standard InChI is InChI=1S/C14H18N2O4/c1-5-9-15(13(17)20-14(2,3)4)11-7-6-8-12(10-11)16(18)19/h5-8,10H,1,9H2,2-4H3. The maximum atomic E-state index is 12.1. The lowest BCUT2D eigenvalue weighted by Crippen LogP contribution is -2.37. The van der Waals surface area contributed by atoms with Gasteiger partial charge in [-0.2, -0.15) is 0 Å². The van der Waals surface area contributed by atoms with Crippen molar-refractivity contribution in [3.8, 4) is 0 Å². The molecule has 0 aromatic heterocycles. The Balaban J connectivity index is 3.07. The summed E-state index contributed by atoms with van der Waals surface area (Å²) in [6.45, 7) is 9.05. The van der Waals surface area contributed by atoms with E-state index in [-0.39, 0.29) is 12.2 Å². The molecule has 1 rings (SSSR count). The number of nitro benzene ring substituents is 1. The molecule has 108 valence electrons. The lowest BCUT2D eigenvalue weighted by atomic mass is 10.2. The molecule has 1 aromatic carbocycles. The van der Waals surface area contributed by atoms with E-state index >= 15 is 0 Å². The summed E-state index contributed by atoms with van der Waals surface area (Å²) in [6.07, 6.45) is 0.959. The van der Waals surface area contributed by atoms with Gasteiger partial charge < -0.3 is 4.74 Å². The summed E-state index contributed by atoms with van der Waals surface area (Å²) in [6, 6.07) is 5.83. The molecule has 0 aliphatic heterocycles. The number of non-ortho nitro benzene ring substituents is 1. The van der Waals surface area contributed by atoms with E-state index in [0.29, 0.717) is 5.69 Å². The summed E-state index contributed by atoms with van der Waals surface area (Å²) in [4.78, 5) is 23.7. The lowest BCUT2D eigenvalue weighted by molar-refractivity contribution is -0.384. The molecule has 0 bridgehead atoms. The van der Waals surface area contributed by atoms with Gasteiger partial charge in [0, 0.05) is 18.7 Å². The molecule has 0 atom stereocenters. The van der Waals surface area contributed by atoms with E-state index in [1.54, 1.807) is 26.8 Å². The first-order valence-corrected chi connectivity index (χ1v) is 6.10. The van der Waals surface area contributed by atoms with E-state index in [0.717, 1.165) is 0 Å². The number of hydrogen-bond donors (Lipinski definition) is 0. The van der Waals surface area contributed by atoms with Gasteiger partial charge in [-0.25, -0.2) is 4.79 Å². The molecular weight excluding hydrogens is 260 g/mol. The highest BCUT2D eigenvalue weighted by molar-refractivity contribution is 5.88.